The fraction of sp³-hybridized carbons (Fsp3) is 0.222. The van der Waals surface area contributed by atoms with Crippen LogP contribution >= 0.6 is 22.7 Å². The number of nitrogens with zero attached hydrogens (tertiary/aromatic N) is 1. The van der Waals surface area contributed by atoms with Crippen molar-refractivity contribution in [2.75, 3.05) is 0 Å². The molecule has 0 bridgehead atoms. The van der Waals surface area contributed by atoms with Gasteiger partial charge in [-0.15, -0.1) is 22.7 Å². The summed E-state index contributed by atoms with van der Waals surface area (Å²) in [5.41, 5.74) is 2.33. The van der Waals surface area contributed by atoms with Gasteiger partial charge in [0.25, 0.3) is 0 Å². The molecule has 2 heterocycles. The third kappa shape index (κ3) is 2.90. The van der Waals surface area contributed by atoms with Crippen LogP contribution in [-0.4, -0.2) is 18.5 Å². The van der Waals surface area contributed by atoms with Gasteiger partial charge < -0.3 is 5.11 Å². The van der Waals surface area contributed by atoms with Crippen molar-refractivity contribution in [3.63, 3.8) is 0 Å². The van der Waals surface area contributed by atoms with Crippen molar-refractivity contribution in [3.8, 4) is 0 Å². The Morgan fingerprint density at radius 1 is 1.47 bits per heavy atom. The molecular weight excluding hydrogens is 280 g/mol. The highest BCUT2D eigenvalue weighted by atomic mass is 32.2. The van der Waals surface area contributed by atoms with Gasteiger partial charge in [0, 0.05) is 10.3 Å². The Labute approximate surface area is 107 Å². The number of thiazole rings is 1. The zero-order valence-corrected chi connectivity index (χ0v) is 11.1. The second-order valence-electron chi connectivity index (χ2n) is 3.17. The highest BCUT2D eigenvalue weighted by Crippen LogP contribution is 2.21. The van der Waals surface area contributed by atoms with Gasteiger partial charge >= 0.3 is 0 Å². The minimum atomic E-state index is -3.57. The van der Waals surface area contributed by atoms with Gasteiger partial charge in [-0.2, -0.15) is 0 Å². The van der Waals surface area contributed by atoms with Crippen molar-refractivity contribution in [2.45, 2.75) is 18.0 Å². The predicted octanol–water partition coefficient (Wildman–Crippen LogP) is 1.18. The lowest BCUT2D eigenvalue weighted by Gasteiger charge is -2.05. The first-order chi connectivity index (χ1) is 8.13. The van der Waals surface area contributed by atoms with Crippen LogP contribution in [0.4, 0.5) is 0 Å². The average Bonchev–Trinajstić information content (AvgIpc) is 2.97. The molecule has 0 spiro atoms. The summed E-state index contributed by atoms with van der Waals surface area (Å²) >= 11 is 2.63. The summed E-state index contributed by atoms with van der Waals surface area (Å²) in [7, 11) is -3.57. The number of sulfonamides is 1. The van der Waals surface area contributed by atoms with Crippen LogP contribution in [0.3, 0.4) is 0 Å². The Morgan fingerprint density at radius 3 is 2.94 bits per heavy atom. The smallest absolute Gasteiger partial charge is 0.242 e. The van der Waals surface area contributed by atoms with Crippen molar-refractivity contribution in [1.82, 2.24) is 9.71 Å². The van der Waals surface area contributed by atoms with E-state index in [2.05, 4.69) is 9.71 Å². The summed E-state index contributed by atoms with van der Waals surface area (Å²) in [5, 5.41) is 12.5. The van der Waals surface area contributed by atoms with Gasteiger partial charge in [0.1, 0.15) is 0 Å². The van der Waals surface area contributed by atoms with E-state index in [0.717, 1.165) is 0 Å². The Hall–Kier alpha value is -0.800. The van der Waals surface area contributed by atoms with Gasteiger partial charge in [0.05, 0.1) is 29.3 Å². The normalized spacial score (nSPS) is 11.8. The molecule has 0 saturated carbocycles. The molecule has 0 saturated heterocycles. The Morgan fingerprint density at radius 2 is 2.29 bits per heavy atom. The van der Waals surface area contributed by atoms with Crippen LogP contribution in [0.5, 0.6) is 0 Å². The zero-order chi connectivity index (χ0) is 12.3. The van der Waals surface area contributed by atoms with Gasteiger partial charge in [-0.3, -0.25) is 0 Å². The molecule has 2 rings (SSSR count). The SMILES string of the molecule is O=S(=O)(NCc1cscn1)c1ccsc1CO. The summed E-state index contributed by atoms with van der Waals surface area (Å²) in [5.74, 6) is 0. The lowest BCUT2D eigenvalue weighted by Crippen LogP contribution is -2.23. The van der Waals surface area contributed by atoms with E-state index < -0.39 is 10.0 Å². The molecule has 0 aliphatic carbocycles. The highest BCUT2D eigenvalue weighted by Gasteiger charge is 2.19. The molecule has 8 heteroatoms. The number of rotatable bonds is 5. The first-order valence-electron chi connectivity index (χ1n) is 4.67. The second kappa shape index (κ2) is 5.23. The van der Waals surface area contributed by atoms with Gasteiger partial charge in [0.15, 0.2) is 0 Å². The molecule has 0 fully saturated rings. The summed E-state index contributed by atoms with van der Waals surface area (Å²) in [4.78, 5) is 4.57. The summed E-state index contributed by atoms with van der Waals surface area (Å²) < 4.78 is 26.3. The predicted molar refractivity (Wildman–Crippen MR) is 66.4 cm³/mol. The van der Waals surface area contributed by atoms with Gasteiger partial charge in [0.2, 0.25) is 10.0 Å². The van der Waals surface area contributed by atoms with E-state index in [4.69, 9.17) is 5.11 Å². The van der Waals surface area contributed by atoms with Crippen molar-refractivity contribution in [1.29, 1.82) is 0 Å². The molecule has 17 heavy (non-hydrogen) atoms. The molecule has 92 valence electrons. The molecule has 0 aliphatic rings. The van der Waals surface area contributed by atoms with E-state index >= 15 is 0 Å². The number of hydrogen-bond donors (Lipinski definition) is 2. The van der Waals surface area contributed by atoms with Crippen LogP contribution < -0.4 is 4.72 Å². The second-order valence-corrected chi connectivity index (χ2v) is 6.63. The van der Waals surface area contributed by atoms with Crippen molar-refractivity contribution in [2.24, 2.45) is 0 Å². The first-order valence-corrected chi connectivity index (χ1v) is 7.98. The van der Waals surface area contributed by atoms with E-state index in [-0.39, 0.29) is 18.0 Å². The fourth-order valence-electron chi connectivity index (χ4n) is 1.26. The molecule has 0 amide bonds. The van der Waals surface area contributed by atoms with E-state index in [9.17, 15) is 8.42 Å². The molecule has 2 aromatic heterocycles. The lowest BCUT2D eigenvalue weighted by atomic mass is 10.5. The van der Waals surface area contributed by atoms with Crippen molar-refractivity contribution in [3.05, 3.63) is 32.9 Å². The molecule has 0 radical (unpaired) electrons. The minimum absolute atomic E-state index is 0.139. The molecule has 0 atom stereocenters. The minimum Gasteiger partial charge on any atom is -0.391 e. The van der Waals surface area contributed by atoms with Crippen molar-refractivity contribution < 1.29 is 13.5 Å². The number of aromatic nitrogens is 1. The number of hydrogen-bond acceptors (Lipinski definition) is 6. The van der Waals surface area contributed by atoms with Gasteiger partial charge in [-0.1, -0.05) is 0 Å². The molecule has 2 N–H and O–H groups in total. The summed E-state index contributed by atoms with van der Waals surface area (Å²) in [6.07, 6.45) is 0. The van der Waals surface area contributed by atoms with E-state index in [1.807, 2.05) is 0 Å². The van der Waals surface area contributed by atoms with Crippen LogP contribution in [0.2, 0.25) is 0 Å². The van der Waals surface area contributed by atoms with Gasteiger partial charge in [-0.25, -0.2) is 18.1 Å². The largest absolute Gasteiger partial charge is 0.391 e. The number of nitrogens with one attached hydrogen (secondary N) is 1. The monoisotopic (exact) mass is 290 g/mol. The molecule has 5 nitrogen and oxygen atoms in total. The Kier molecular flexibility index (Phi) is 3.89. The van der Waals surface area contributed by atoms with Crippen LogP contribution in [-0.2, 0) is 23.2 Å². The Balaban J connectivity index is 2.14. The molecule has 0 unspecified atom stereocenters. The maximum absolute atomic E-state index is 11.9. The van der Waals surface area contributed by atoms with Gasteiger partial charge in [-0.05, 0) is 11.4 Å². The number of aliphatic hydroxyl groups is 1. The van der Waals surface area contributed by atoms with Crippen LogP contribution in [0, 0.1) is 0 Å². The van der Waals surface area contributed by atoms with E-state index in [0.29, 0.717) is 10.6 Å². The third-order valence-electron chi connectivity index (χ3n) is 2.06. The standard InChI is InChI=1S/C9H10N2O3S3/c12-4-8-9(1-2-16-8)17(13,14)11-3-7-5-15-6-10-7/h1-2,5-6,11-12H,3-4H2. The summed E-state index contributed by atoms with van der Waals surface area (Å²) in [6.45, 7) is -0.114. The molecule has 0 aliphatic heterocycles. The number of thiophene rings is 1. The van der Waals surface area contributed by atoms with Crippen LogP contribution in [0.1, 0.15) is 10.6 Å². The van der Waals surface area contributed by atoms with E-state index in [1.54, 1.807) is 16.3 Å². The third-order valence-corrected chi connectivity index (χ3v) is 5.22. The molecule has 2 aromatic rings. The Bertz CT molecular complexity index is 574. The molecule has 0 aromatic carbocycles. The first kappa shape index (κ1) is 12.7. The van der Waals surface area contributed by atoms with Crippen LogP contribution in [0.25, 0.3) is 0 Å². The maximum atomic E-state index is 11.9. The van der Waals surface area contributed by atoms with Crippen LogP contribution in [0.15, 0.2) is 27.2 Å². The van der Waals surface area contributed by atoms with E-state index in [1.165, 1.54) is 28.7 Å². The lowest BCUT2D eigenvalue weighted by molar-refractivity contribution is 0.282. The zero-order valence-electron chi connectivity index (χ0n) is 8.66. The fourth-order valence-corrected chi connectivity index (χ4v) is 4.11. The number of aliphatic hydroxyl groups excluding tert-OH is 1. The molecular formula is C9H10N2O3S3. The topological polar surface area (TPSA) is 79.3 Å². The average molecular weight is 290 g/mol. The maximum Gasteiger partial charge on any atom is 0.242 e. The van der Waals surface area contributed by atoms with Crippen molar-refractivity contribution >= 4 is 32.7 Å². The quantitative estimate of drug-likeness (QED) is 0.866. The highest BCUT2D eigenvalue weighted by molar-refractivity contribution is 7.89. The summed E-state index contributed by atoms with van der Waals surface area (Å²) in [6, 6.07) is 1.49.